The molecule has 0 heterocycles. The fraction of sp³-hybridized carbons (Fsp3) is 0.308. The van der Waals surface area contributed by atoms with Gasteiger partial charge in [-0.3, -0.25) is 9.59 Å². The largest absolute Gasteiger partial charge is 0.468 e. The van der Waals surface area contributed by atoms with Crippen LogP contribution in [0, 0.1) is 28.6 Å². The number of nitriles is 2. The van der Waals surface area contributed by atoms with Crippen LogP contribution >= 0.6 is 0 Å². The predicted molar refractivity (Wildman–Crippen MR) is 115 cm³/mol. The molecule has 160 valence electrons. The SMILES string of the molecule is COC(=O)[C@]1(C(C#N)CC#N)C=C[C@@]2(C(=O)OC)c3c(cccc31)C[C@@H]2c1ccccc1. The van der Waals surface area contributed by atoms with Crippen molar-refractivity contribution in [3.05, 3.63) is 82.9 Å². The highest BCUT2D eigenvalue weighted by Gasteiger charge is 2.61. The van der Waals surface area contributed by atoms with Crippen LogP contribution < -0.4 is 0 Å². The minimum absolute atomic E-state index is 0.160. The molecule has 0 aromatic heterocycles. The monoisotopic (exact) mass is 426 g/mol. The third-order valence-corrected chi connectivity index (χ3v) is 6.84. The van der Waals surface area contributed by atoms with Crippen LogP contribution in [0.2, 0.25) is 0 Å². The maximum Gasteiger partial charge on any atom is 0.321 e. The fourth-order valence-corrected chi connectivity index (χ4v) is 5.45. The maximum atomic E-state index is 13.4. The van der Waals surface area contributed by atoms with Gasteiger partial charge in [0.05, 0.1) is 38.7 Å². The molecule has 0 N–H and O–H groups in total. The predicted octanol–water partition coefficient (Wildman–Crippen LogP) is 3.47. The summed E-state index contributed by atoms with van der Waals surface area (Å²) in [5, 5.41) is 19.3. The molecular formula is C26H22N2O4. The normalized spacial score (nSPS) is 25.7. The van der Waals surface area contributed by atoms with Crippen LogP contribution in [0.1, 0.15) is 34.6 Å². The first-order valence-electron chi connectivity index (χ1n) is 10.3. The highest BCUT2D eigenvalue weighted by atomic mass is 16.5. The number of carbonyl (C=O) groups excluding carboxylic acids is 2. The van der Waals surface area contributed by atoms with Crippen LogP contribution in [-0.2, 0) is 36.3 Å². The van der Waals surface area contributed by atoms with Gasteiger partial charge in [0.25, 0.3) is 0 Å². The first-order valence-corrected chi connectivity index (χ1v) is 10.3. The number of benzene rings is 2. The zero-order valence-electron chi connectivity index (χ0n) is 17.9. The van der Waals surface area contributed by atoms with Gasteiger partial charge in [-0.2, -0.15) is 10.5 Å². The van der Waals surface area contributed by atoms with Gasteiger partial charge in [0, 0.05) is 5.92 Å². The molecule has 0 amide bonds. The quantitative estimate of drug-likeness (QED) is 0.536. The van der Waals surface area contributed by atoms with Gasteiger partial charge < -0.3 is 9.47 Å². The number of esters is 2. The molecule has 6 heteroatoms. The smallest absolute Gasteiger partial charge is 0.321 e. The summed E-state index contributed by atoms with van der Waals surface area (Å²) >= 11 is 0. The van der Waals surface area contributed by atoms with Crippen molar-refractivity contribution in [3.63, 3.8) is 0 Å². The molecule has 0 fully saturated rings. The van der Waals surface area contributed by atoms with Crippen molar-refractivity contribution in [2.24, 2.45) is 5.92 Å². The molecular weight excluding hydrogens is 404 g/mol. The van der Waals surface area contributed by atoms with E-state index in [2.05, 4.69) is 6.07 Å². The van der Waals surface area contributed by atoms with Crippen molar-refractivity contribution in [1.29, 1.82) is 10.5 Å². The van der Waals surface area contributed by atoms with E-state index in [1.165, 1.54) is 14.2 Å². The summed E-state index contributed by atoms with van der Waals surface area (Å²) in [7, 11) is 2.61. The molecule has 6 nitrogen and oxygen atoms in total. The number of nitrogens with zero attached hydrogens (tertiary/aromatic N) is 2. The number of methoxy groups -OCH3 is 2. The minimum Gasteiger partial charge on any atom is -0.468 e. The Kier molecular flexibility index (Phi) is 5.32. The highest BCUT2D eigenvalue weighted by molar-refractivity contribution is 5.96. The second kappa shape index (κ2) is 7.98. The zero-order chi connectivity index (χ0) is 22.9. The Hall–Kier alpha value is -3.90. The molecule has 0 saturated carbocycles. The maximum absolute atomic E-state index is 13.4. The number of hydrogen-bond acceptors (Lipinski definition) is 6. The molecule has 0 radical (unpaired) electrons. The van der Waals surface area contributed by atoms with Crippen molar-refractivity contribution < 1.29 is 19.1 Å². The van der Waals surface area contributed by atoms with E-state index in [1.54, 1.807) is 18.2 Å². The van der Waals surface area contributed by atoms with Gasteiger partial charge >= 0.3 is 11.9 Å². The van der Waals surface area contributed by atoms with Gasteiger partial charge in [0.1, 0.15) is 10.8 Å². The van der Waals surface area contributed by atoms with Crippen molar-refractivity contribution >= 4 is 11.9 Å². The lowest BCUT2D eigenvalue weighted by molar-refractivity contribution is -0.149. The van der Waals surface area contributed by atoms with Gasteiger partial charge in [-0.15, -0.1) is 0 Å². The van der Waals surface area contributed by atoms with Crippen LogP contribution in [0.4, 0.5) is 0 Å². The van der Waals surface area contributed by atoms with E-state index in [-0.39, 0.29) is 12.3 Å². The first kappa shape index (κ1) is 21.3. The number of hydrogen-bond donors (Lipinski definition) is 0. The van der Waals surface area contributed by atoms with E-state index in [1.807, 2.05) is 48.5 Å². The number of ether oxygens (including phenoxy) is 2. The Morgan fingerprint density at radius 1 is 1.03 bits per heavy atom. The lowest BCUT2D eigenvalue weighted by atomic mass is 9.58. The van der Waals surface area contributed by atoms with E-state index >= 15 is 0 Å². The van der Waals surface area contributed by atoms with Crippen LogP contribution in [-0.4, -0.2) is 26.2 Å². The Labute approximate surface area is 186 Å². The third-order valence-electron chi connectivity index (χ3n) is 6.84. The van der Waals surface area contributed by atoms with E-state index in [9.17, 15) is 20.1 Å². The van der Waals surface area contributed by atoms with E-state index in [0.29, 0.717) is 17.5 Å². The topological polar surface area (TPSA) is 100 Å². The molecule has 2 aliphatic rings. The number of carbonyl (C=O) groups is 2. The van der Waals surface area contributed by atoms with Gasteiger partial charge in [0.15, 0.2) is 0 Å². The average Bonchev–Trinajstić information content (AvgIpc) is 3.19. The van der Waals surface area contributed by atoms with Gasteiger partial charge in [-0.1, -0.05) is 60.7 Å². The molecule has 0 bridgehead atoms. The van der Waals surface area contributed by atoms with E-state index in [4.69, 9.17) is 9.47 Å². The Balaban J connectivity index is 2.06. The molecule has 0 spiro atoms. The van der Waals surface area contributed by atoms with Crippen molar-refractivity contribution in [2.45, 2.75) is 29.6 Å². The molecule has 2 aromatic carbocycles. The molecule has 1 unspecified atom stereocenters. The molecule has 2 aliphatic carbocycles. The molecule has 32 heavy (non-hydrogen) atoms. The summed E-state index contributed by atoms with van der Waals surface area (Å²) in [5.41, 5.74) is 0.443. The van der Waals surface area contributed by atoms with Crippen LogP contribution in [0.15, 0.2) is 60.7 Å². The standard InChI is InChI=1S/C26H22N2O4/c1-31-23(29)25(19(16-28)11-14-27)12-13-26(24(30)32-2)21(17-7-4-3-5-8-17)15-18-9-6-10-20(25)22(18)26/h3-10,12-13,19,21H,11,15H2,1-2H3/t19?,21-,25+,26+/m1/s1. The summed E-state index contributed by atoms with van der Waals surface area (Å²) in [6.45, 7) is 0. The van der Waals surface area contributed by atoms with E-state index < -0.39 is 28.7 Å². The minimum atomic E-state index is -1.49. The Morgan fingerprint density at radius 3 is 2.38 bits per heavy atom. The summed E-state index contributed by atoms with van der Waals surface area (Å²) in [6, 6.07) is 19.4. The molecule has 2 aromatic rings. The third kappa shape index (κ3) is 2.70. The molecule has 0 saturated heterocycles. The second-order valence-electron chi connectivity index (χ2n) is 8.11. The second-order valence-corrected chi connectivity index (χ2v) is 8.11. The van der Waals surface area contributed by atoms with Crippen LogP contribution in [0.3, 0.4) is 0 Å². The molecule has 4 rings (SSSR count). The fourth-order valence-electron chi connectivity index (χ4n) is 5.45. The van der Waals surface area contributed by atoms with Gasteiger partial charge in [0.2, 0.25) is 0 Å². The van der Waals surface area contributed by atoms with E-state index in [0.717, 1.165) is 11.1 Å². The molecule has 4 atom stereocenters. The summed E-state index contributed by atoms with van der Waals surface area (Å²) in [6.07, 6.45) is 3.70. The molecule has 0 aliphatic heterocycles. The average molecular weight is 426 g/mol. The Bertz CT molecular complexity index is 1190. The lowest BCUT2D eigenvalue weighted by Crippen LogP contribution is -2.50. The highest BCUT2D eigenvalue weighted by Crippen LogP contribution is 2.58. The van der Waals surface area contributed by atoms with Gasteiger partial charge in [-0.05, 0) is 28.7 Å². The van der Waals surface area contributed by atoms with Crippen molar-refractivity contribution in [2.75, 3.05) is 14.2 Å². The lowest BCUT2D eigenvalue weighted by Gasteiger charge is -2.42. The summed E-state index contributed by atoms with van der Waals surface area (Å²) in [4.78, 5) is 26.6. The zero-order valence-corrected chi connectivity index (χ0v) is 17.9. The summed E-state index contributed by atoms with van der Waals surface area (Å²) < 4.78 is 10.4. The first-order chi connectivity index (χ1) is 15.5. The van der Waals surface area contributed by atoms with Crippen molar-refractivity contribution in [3.8, 4) is 12.1 Å². The van der Waals surface area contributed by atoms with Crippen LogP contribution in [0.5, 0.6) is 0 Å². The summed E-state index contributed by atoms with van der Waals surface area (Å²) in [5.74, 6) is -2.28. The van der Waals surface area contributed by atoms with Crippen molar-refractivity contribution in [1.82, 2.24) is 0 Å². The van der Waals surface area contributed by atoms with Crippen LogP contribution in [0.25, 0.3) is 0 Å². The number of rotatable bonds is 5. The Morgan fingerprint density at radius 2 is 1.75 bits per heavy atom. The van der Waals surface area contributed by atoms with Gasteiger partial charge in [-0.25, -0.2) is 0 Å².